The number of hydrogen-bond acceptors (Lipinski definition) is 6. The molecule has 0 radical (unpaired) electrons. The normalized spacial score (nSPS) is 19.4. The van der Waals surface area contributed by atoms with Gasteiger partial charge in [-0.2, -0.15) is 0 Å². The Bertz CT molecular complexity index is 899. The van der Waals surface area contributed by atoms with E-state index in [4.69, 9.17) is 4.74 Å². The molecule has 32 heavy (non-hydrogen) atoms. The van der Waals surface area contributed by atoms with Crippen LogP contribution >= 0.6 is 0 Å². The Balaban J connectivity index is 1.29. The SMILES string of the molecule is CC(C)Oc1ccccc1CN1CCC(O)(Cn2cc(C(=O)NC3CCCC3)nn2)CC1. The Morgan fingerprint density at radius 2 is 1.97 bits per heavy atom. The van der Waals surface area contributed by atoms with Gasteiger partial charge in [-0.1, -0.05) is 36.3 Å². The van der Waals surface area contributed by atoms with Crippen LogP contribution in [-0.2, 0) is 13.1 Å². The molecule has 2 aliphatic rings. The zero-order valence-corrected chi connectivity index (χ0v) is 19.2. The van der Waals surface area contributed by atoms with Crippen molar-refractivity contribution in [1.29, 1.82) is 0 Å². The number of carbonyl (C=O) groups is 1. The third-order valence-corrected chi connectivity index (χ3v) is 6.43. The summed E-state index contributed by atoms with van der Waals surface area (Å²) in [6.07, 6.45) is 7.46. The predicted molar refractivity (Wildman–Crippen MR) is 121 cm³/mol. The molecular formula is C24H35N5O3. The number of aliphatic hydroxyl groups is 1. The molecule has 2 heterocycles. The van der Waals surface area contributed by atoms with Crippen LogP contribution in [0.5, 0.6) is 5.75 Å². The Kier molecular flexibility index (Phi) is 7.10. The van der Waals surface area contributed by atoms with Gasteiger partial charge < -0.3 is 15.2 Å². The van der Waals surface area contributed by atoms with E-state index in [0.29, 0.717) is 25.1 Å². The minimum atomic E-state index is -0.850. The molecule has 1 amide bonds. The van der Waals surface area contributed by atoms with Gasteiger partial charge in [0.1, 0.15) is 5.75 Å². The van der Waals surface area contributed by atoms with Crippen LogP contribution in [0.2, 0.25) is 0 Å². The van der Waals surface area contributed by atoms with Crippen molar-refractivity contribution in [2.45, 2.75) is 83.2 Å². The van der Waals surface area contributed by atoms with Crippen molar-refractivity contribution in [2.75, 3.05) is 13.1 Å². The highest BCUT2D eigenvalue weighted by molar-refractivity contribution is 5.92. The standard InChI is InChI=1S/C24H35N5O3/c1-18(2)32-22-10-6-3-7-19(22)15-28-13-11-24(31,12-14-28)17-29-16-21(26-27-29)23(30)25-20-8-4-5-9-20/h3,6-7,10,16,18,20,31H,4-5,8-9,11-15,17H2,1-2H3,(H,25,30). The molecule has 8 nitrogen and oxygen atoms in total. The Morgan fingerprint density at radius 3 is 2.69 bits per heavy atom. The fourth-order valence-corrected chi connectivity index (χ4v) is 4.64. The molecule has 1 saturated heterocycles. The van der Waals surface area contributed by atoms with Gasteiger partial charge in [0.2, 0.25) is 0 Å². The smallest absolute Gasteiger partial charge is 0.273 e. The molecule has 1 saturated carbocycles. The molecule has 1 aromatic heterocycles. The van der Waals surface area contributed by atoms with Crippen molar-refractivity contribution < 1.29 is 14.6 Å². The molecule has 1 aliphatic carbocycles. The zero-order valence-electron chi connectivity index (χ0n) is 19.2. The van der Waals surface area contributed by atoms with Gasteiger partial charge in [0, 0.05) is 31.2 Å². The zero-order chi connectivity index (χ0) is 22.6. The lowest BCUT2D eigenvalue weighted by Crippen LogP contribution is -2.46. The van der Waals surface area contributed by atoms with Crippen molar-refractivity contribution >= 4 is 5.91 Å². The van der Waals surface area contributed by atoms with Gasteiger partial charge in [-0.15, -0.1) is 5.10 Å². The van der Waals surface area contributed by atoms with Gasteiger partial charge >= 0.3 is 0 Å². The molecule has 0 spiro atoms. The van der Waals surface area contributed by atoms with E-state index in [1.807, 2.05) is 32.0 Å². The molecule has 8 heteroatoms. The number of para-hydroxylation sites is 1. The van der Waals surface area contributed by atoms with Gasteiger partial charge in [0.15, 0.2) is 5.69 Å². The Labute approximate surface area is 189 Å². The number of benzene rings is 1. The first-order chi connectivity index (χ1) is 15.4. The van der Waals surface area contributed by atoms with Crippen LogP contribution in [0.4, 0.5) is 0 Å². The summed E-state index contributed by atoms with van der Waals surface area (Å²) in [5.74, 6) is 0.751. The summed E-state index contributed by atoms with van der Waals surface area (Å²) in [6, 6.07) is 8.40. The van der Waals surface area contributed by atoms with Gasteiger partial charge in [-0.25, -0.2) is 4.68 Å². The number of carbonyl (C=O) groups excluding carboxylic acids is 1. The fourth-order valence-electron chi connectivity index (χ4n) is 4.64. The lowest BCUT2D eigenvalue weighted by Gasteiger charge is -2.38. The minimum Gasteiger partial charge on any atom is -0.491 e. The molecule has 0 atom stereocenters. The number of rotatable bonds is 8. The van der Waals surface area contributed by atoms with E-state index >= 15 is 0 Å². The molecule has 174 valence electrons. The van der Waals surface area contributed by atoms with Crippen molar-refractivity contribution in [1.82, 2.24) is 25.2 Å². The van der Waals surface area contributed by atoms with E-state index in [1.165, 1.54) is 5.56 Å². The van der Waals surface area contributed by atoms with Crippen molar-refractivity contribution in [3.8, 4) is 5.75 Å². The number of ether oxygens (including phenoxy) is 1. The molecule has 1 aromatic carbocycles. The quantitative estimate of drug-likeness (QED) is 0.654. The number of nitrogens with zero attached hydrogens (tertiary/aromatic N) is 4. The molecule has 2 fully saturated rings. The summed E-state index contributed by atoms with van der Waals surface area (Å²) in [4.78, 5) is 14.7. The summed E-state index contributed by atoms with van der Waals surface area (Å²) in [5.41, 5.74) is 0.637. The second kappa shape index (κ2) is 10.0. The second-order valence-corrected chi connectivity index (χ2v) is 9.53. The van der Waals surface area contributed by atoms with Crippen LogP contribution in [-0.4, -0.2) is 61.7 Å². The average Bonchev–Trinajstić information content (AvgIpc) is 3.43. The number of likely N-dealkylation sites (tertiary alicyclic amines) is 1. The fraction of sp³-hybridized carbons (Fsp3) is 0.625. The van der Waals surface area contributed by atoms with Crippen LogP contribution in [0.1, 0.15) is 68.4 Å². The molecule has 1 aliphatic heterocycles. The maximum absolute atomic E-state index is 12.4. The molecular weight excluding hydrogens is 406 g/mol. The van der Waals surface area contributed by atoms with Crippen molar-refractivity contribution in [2.24, 2.45) is 0 Å². The van der Waals surface area contributed by atoms with Crippen LogP contribution in [0.25, 0.3) is 0 Å². The summed E-state index contributed by atoms with van der Waals surface area (Å²) < 4.78 is 7.55. The van der Waals surface area contributed by atoms with Crippen molar-refractivity contribution in [3.05, 3.63) is 41.7 Å². The van der Waals surface area contributed by atoms with Crippen LogP contribution in [0.3, 0.4) is 0 Å². The molecule has 2 N–H and O–H groups in total. The van der Waals surface area contributed by atoms with Gasteiger partial charge in [0.25, 0.3) is 5.91 Å². The summed E-state index contributed by atoms with van der Waals surface area (Å²) in [5, 5.41) is 22.3. The lowest BCUT2D eigenvalue weighted by molar-refractivity contribution is -0.0384. The first kappa shape index (κ1) is 22.7. The lowest BCUT2D eigenvalue weighted by atomic mass is 9.91. The summed E-state index contributed by atoms with van der Waals surface area (Å²) >= 11 is 0. The molecule has 0 unspecified atom stereocenters. The number of nitrogens with one attached hydrogen (secondary N) is 1. The Hall–Kier alpha value is -2.45. The highest BCUT2D eigenvalue weighted by atomic mass is 16.5. The van der Waals surface area contributed by atoms with Crippen LogP contribution < -0.4 is 10.1 Å². The largest absolute Gasteiger partial charge is 0.491 e. The highest BCUT2D eigenvalue weighted by Gasteiger charge is 2.33. The molecule has 0 bridgehead atoms. The van der Waals surface area contributed by atoms with Crippen molar-refractivity contribution in [3.63, 3.8) is 0 Å². The van der Waals surface area contributed by atoms with E-state index in [0.717, 1.165) is 51.1 Å². The number of aromatic nitrogens is 3. The monoisotopic (exact) mass is 441 g/mol. The van der Waals surface area contributed by atoms with E-state index in [2.05, 4.69) is 26.6 Å². The first-order valence-electron chi connectivity index (χ1n) is 11.8. The van der Waals surface area contributed by atoms with Gasteiger partial charge in [-0.3, -0.25) is 9.69 Å². The average molecular weight is 442 g/mol. The third kappa shape index (κ3) is 5.86. The second-order valence-electron chi connectivity index (χ2n) is 9.53. The summed E-state index contributed by atoms with van der Waals surface area (Å²) in [6.45, 7) is 6.79. The highest BCUT2D eigenvalue weighted by Crippen LogP contribution is 2.27. The van der Waals surface area contributed by atoms with Gasteiger partial charge in [-0.05, 0) is 45.6 Å². The van der Waals surface area contributed by atoms with Gasteiger partial charge in [0.05, 0.1) is 24.4 Å². The topological polar surface area (TPSA) is 92.5 Å². The summed E-state index contributed by atoms with van der Waals surface area (Å²) in [7, 11) is 0. The minimum absolute atomic E-state index is 0.135. The predicted octanol–water partition coefficient (Wildman–Crippen LogP) is 2.76. The third-order valence-electron chi connectivity index (χ3n) is 6.43. The van der Waals surface area contributed by atoms with E-state index in [1.54, 1.807) is 10.9 Å². The first-order valence-corrected chi connectivity index (χ1v) is 11.8. The number of hydrogen-bond donors (Lipinski definition) is 2. The maximum Gasteiger partial charge on any atom is 0.273 e. The maximum atomic E-state index is 12.4. The number of piperidine rings is 1. The molecule has 4 rings (SSSR count). The van der Waals surface area contributed by atoms with E-state index in [9.17, 15) is 9.90 Å². The Morgan fingerprint density at radius 1 is 1.25 bits per heavy atom. The molecule has 2 aromatic rings. The number of amides is 1. The van der Waals surface area contributed by atoms with Crippen LogP contribution in [0, 0.1) is 0 Å². The van der Waals surface area contributed by atoms with E-state index < -0.39 is 5.60 Å². The van der Waals surface area contributed by atoms with Crippen LogP contribution in [0.15, 0.2) is 30.5 Å². The van der Waals surface area contributed by atoms with E-state index in [-0.39, 0.29) is 18.1 Å².